The fraction of sp³-hybridized carbons (Fsp3) is 0.333. The summed E-state index contributed by atoms with van der Waals surface area (Å²) in [5, 5.41) is 0.908. The van der Waals surface area contributed by atoms with Gasteiger partial charge >= 0.3 is 0 Å². The molecule has 1 aromatic heterocycles. The molecule has 1 atom stereocenters. The number of thiophene rings is 1. The predicted molar refractivity (Wildman–Crippen MR) is 64.6 cm³/mol. The number of hydrogen-bond acceptors (Lipinski definition) is 3. The Morgan fingerprint density at radius 2 is 2.33 bits per heavy atom. The number of sulfonamides is 1. The molecule has 1 rings (SSSR count). The second-order valence-electron chi connectivity index (χ2n) is 2.93. The molecule has 0 aromatic carbocycles. The molecule has 0 bridgehead atoms. The van der Waals surface area contributed by atoms with Crippen LogP contribution in [0.5, 0.6) is 0 Å². The summed E-state index contributed by atoms with van der Waals surface area (Å²) in [6, 6.07) is 3.35. The Morgan fingerprint density at radius 1 is 1.67 bits per heavy atom. The SMILES string of the molecule is C=CS(=O)(=O)NC(CC)c1ccc(Cl)s1. The summed E-state index contributed by atoms with van der Waals surface area (Å²) in [6.45, 7) is 5.15. The molecule has 1 aromatic rings. The van der Waals surface area contributed by atoms with Crippen molar-refractivity contribution in [2.75, 3.05) is 0 Å². The van der Waals surface area contributed by atoms with Crippen molar-refractivity contribution >= 4 is 33.0 Å². The molecule has 1 heterocycles. The normalized spacial score (nSPS) is 13.7. The summed E-state index contributed by atoms with van der Waals surface area (Å²) >= 11 is 7.16. The third kappa shape index (κ3) is 3.61. The standard InChI is InChI=1S/C9H12ClNO2S2/c1-3-7(11-15(12,13)4-2)8-5-6-9(10)14-8/h4-7,11H,2-3H2,1H3. The van der Waals surface area contributed by atoms with Crippen molar-refractivity contribution in [1.29, 1.82) is 0 Å². The van der Waals surface area contributed by atoms with Gasteiger partial charge in [-0.3, -0.25) is 0 Å². The van der Waals surface area contributed by atoms with Gasteiger partial charge in [0.2, 0.25) is 10.0 Å². The second-order valence-corrected chi connectivity index (χ2v) is 6.34. The highest BCUT2D eigenvalue weighted by Gasteiger charge is 2.16. The Morgan fingerprint density at radius 3 is 2.73 bits per heavy atom. The van der Waals surface area contributed by atoms with E-state index in [9.17, 15) is 8.42 Å². The van der Waals surface area contributed by atoms with E-state index in [1.54, 1.807) is 6.07 Å². The Hall–Kier alpha value is -0.360. The van der Waals surface area contributed by atoms with Crippen molar-refractivity contribution < 1.29 is 8.42 Å². The lowest BCUT2D eigenvalue weighted by Crippen LogP contribution is -2.25. The lowest BCUT2D eigenvalue weighted by Gasteiger charge is -2.13. The summed E-state index contributed by atoms with van der Waals surface area (Å²) in [7, 11) is -3.39. The minimum Gasteiger partial charge on any atom is -0.208 e. The maximum atomic E-state index is 11.3. The predicted octanol–water partition coefficient (Wildman–Crippen LogP) is 2.92. The van der Waals surface area contributed by atoms with Crippen LogP contribution < -0.4 is 4.72 Å². The van der Waals surface area contributed by atoms with Crippen molar-refractivity contribution in [3.05, 3.63) is 33.3 Å². The molecule has 15 heavy (non-hydrogen) atoms. The van der Waals surface area contributed by atoms with Crippen LogP contribution in [0.25, 0.3) is 0 Å². The van der Waals surface area contributed by atoms with Crippen LogP contribution in [0.3, 0.4) is 0 Å². The third-order valence-electron chi connectivity index (χ3n) is 1.87. The topological polar surface area (TPSA) is 46.2 Å². The van der Waals surface area contributed by atoms with Gasteiger partial charge in [0, 0.05) is 10.3 Å². The summed E-state index contributed by atoms with van der Waals surface area (Å²) < 4.78 is 25.8. The van der Waals surface area contributed by atoms with E-state index in [1.165, 1.54) is 11.3 Å². The van der Waals surface area contributed by atoms with Crippen molar-refractivity contribution in [2.45, 2.75) is 19.4 Å². The highest BCUT2D eigenvalue weighted by atomic mass is 35.5. The van der Waals surface area contributed by atoms with Gasteiger partial charge < -0.3 is 0 Å². The van der Waals surface area contributed by atoms with Gasteiger partial charge in [-0.05, 0) is 18.6 Å². The van der Waals surface area contributed by atoms with E-state index in [0.717, 1.165) is 10.3 Å². The molecule has 0 saturated carbocycles. The number of hydrogen-bond donors (Lipinski definition) is 1. The number of halogens is 1. The Labute approximate surface area is 98.8 Å². The van der Waals surface area contributed by atoms with Crippen LogP contribution >= 0.6 is 22.9 Å². The molecule has 0 aliphatic carbocycles. The molecule has 0 aliphatic heterocycles. The average Bonchev–Trinajstić information content (AvgIpc) is 2.61. The summed E-state index contributed by atoms with van der Waals surface area (Å²) in [5.41, 5.74) is 0. The zero-order chi connectivity index (χ0) is 11.5. The summed E-state index contributed by atoms with van der Waals surface area (Å²) in [6.07, 6.45) is 0.671. The fourth-order valence-electron chi connectivity index (χ4n) is 1.10. The molecule has 0 amide bonds. The fourth-order valence-corrected chi connectivity index (χ4v) is 3.16. The van der Waals surface area contributed by atoms with Crippen LogP contribution in [0.1, 0.15) is 24.3 Å². The average molecular weight is 266 g/mol. The van der Waals surface area contributed by atoms with Crippen LogP contribution in [-0.4, -0.2) is 8.42 Å². The minimum atomic E-state index is -3.39. The zero-order valence-corrected chi connectivity index (χ0v) is 10.6. The van der Waals surface area contributed by atoms with Gasteiger partial charge in [0.05, 0.1) is 10.4 Å². The maximum Gasteiger partial charge on any atom is 0.233 e. The number of rotatable bonds is 5. The lowest BCUT2D eigenvalue weighted by molar-refractivity contribution is 0.562. The summed E-state index contributed by atoms with van der Waals surface area (Å²) in [5.74, 6) is 0. The molecule has 84 valence electrons. The van der Waals surface area contributed by atoms with Gasteiger partial charge in [-0.2, -0.15) is 0 Å². The van der Waals surface area contributed by atoms with E-state index >= 15 is 0 Å². The van der Waals surface area contributed by atoms with E-state index in [0.29, 0.717) is 10.8 Å². The zero-order valence-electron chi connectivity index (χ0n) is 8.23. The molecule has 1 N–H and O–H groups in total. The smallest absolute Gasteiger partial charge is 0.208 e. The largest absolute Gasteiger partial charge is 0.233 e. The highest BCUT2D eigenvalue weighted by molar-refractivity contribution is 7.92. The molecule has 0 spiro atoms. The summed E-state index contributed by atoms with van der Waals surface area (Å²) in [4.78, 5) is 0.910. The third-order valence-corrected chi connectivity index (χ3v) is 4.27. The molecule has 0 fully saturated rings. The van der Waals surface area contributed by atoms with E-state index in [1.807, 2.05) is 13.0 Å². The maximum absolute atomic E-state index is 11.3. The lowest BCUT2D eigenvalue weighted by atomic mass is 10.2. The Kier molecular flexibility index (Phi) is 4.33. The first-order valence-corrected chi connectivity index (χ1v) is 7.12. The first kappa shape index (κ1) is 12.7. The van der Waals surface area contributed by atoms with Gasteiger partial charge in [0.25, 0.3) is 0 Å². The molecular formula is C9H12ClNO2S2. The van der Waals surface area contributed by atoms with Crippen LogP contribution in [0.15, 0.2) is 24.1 Å². The first-order valence-electron chi connectivity index (χ1n) is 4.38. The van der Waals surface area contributed by atoms with Crippen molar-refractivity contribution in [1.82, 2.24) is 4.72 Å². The molecule has 1 unspecified atom stereocenters. The van der Waals surface area contributed by atoms with Gasteiger partial charge in [-0.25, -0.2) is 13.1 Å². The molecule has 0 aliphatic rings. The van der Waals surface area contributed by atoms with E-state index in [-0.39, 0.29) is 6.04 Å². The monoisotopic (exact) mass is 265 g/mol. The van der Waals surface area contributed by atoms with Gasteiger partial charge in [-0.15, -0.1) is 11.3 Å². The van der Waals surface area contributed by atoms with Crippen molar-refractivity contribution in [3.63, 3.8) is 0 Å². The second kappa shape index (κ2) is 5.12. The highest BCUT2D eigenvalue weighted by Crippen LogP contribution is 2.28. The molecule has 0 saturated heterocycles. The number of nitrogens with one attached hydrogen (secondary N) is 1. The van der Waals surface area contributed by atoms with E-state index < -0.39 is 10.0 Å². The van der Waals surface area contributed by atoms with Crippen LogP contribution in [0.2, 0.25) is 4.34 Å². The first-order chi connectivity index (χ1) is 6.98. The van der Waals surface area contributed by atoms with Crippen molar-refractivity contribution in [3.8, 4) is 0 Å². The van der Waals surface area contributed by atoms with E-state index in [4.69, 9.17) is 11.6 Å². The van der Waals surface area contributed by atoms with Gasteiger partial charge in [0.1, 0.15) is 0 Å². The van der Waals surface area contributed by atoms with Crippen LogP contribution in [0.4, 0.5) is 0 Å². The Bertz CT molecular complexity index is 439. The van der Waals surface area contributed by atoms with Crippen molar-refractivity contribution in [2.24, 2.45) is 0 Å². The molecule has 3 nitrogen and oxygen atoms in total. The van der Waals surface area contributed by atoms with Gasteiger partial charge in [-0.1, -0.05) is 25.1 Å². The Balaban J connectivity index is 2.86. The molecule has 6 heteroatoms. The molecular weight excluding hydrogens is 254 g/mol. The van der Waals surface area contributed by atoms with Gasteiger partial charge in [0.15, 0.2) is 0 Å². The van der Waals surface area contributed by atoms with E-state index in [2.05, 4.69) is 11.3 Å². The quantitative estimate of drug-likeness (QED) is 0.890. The minimum absolute atomic E-state index is 0.231. The van der Waals surface area contributed by atoms with Crippen LogP contribution in [-0.2, 0) is 10.0 Å². The molecule has 0 radical (unpaired) electrons. The van der Waals surface area contributed by atoms with Crippen LogP contribution in [0, 0.1) is 0 Å².